The van der Waals surface area contributed by atoms with Gasteiger partial charge in [-0.25, -0.2) is 5.43 Å². The van der Waals surface area contributed by atoms with Crippen molar-refractivity contribution in [3.8, 4) is 0 Å². The number of hydrazone groups is 1. The number of aryl methyl sites for hydroxylation is 1. The Hall–Kier alpha value is -3.17. The van der Waals surface area contributed by atoms with Crippen molar-refractivity contribution >= 4 is 45.3 Å². The molecule has 132 valence electrons. The maximum absolute atomic E-state index is 12.3. The molecule has 0 saturated heterocycles. The van der Waals surface area contributed by atoms with Gasteiger partial charge in [-0.1, -0.05) is 60.1 Å². The van der Waals surface area contributed by atoms with Gasteiger partial charge in [-0.05, 0) is 58.3 Å². The van der Waals surface area contributed by atoms with Gasteiger partial charge in [0.1, 0.15) is 0 Å². The minimum atomic E-state index is -0.274. The average Bonchev–Trinajstić information content (AvgIpc) is 2.71. The van der Waals surface area contributed by atoms with Crippen LogP contribution in [0, 0.1) is 6.92 Å². The maximum atomic E-state index is 12.3. The quantitative estimate of drug-likeness (QED) is 0.279. The number of halogens is 1. The molecule has 0 atom stereocenters. The van der Waals surface area contributed by atoms with Crippen LogP contribution >= 0.6 is 11.6 Å². The summed E-state index contributed by atoms with van der Waals surface area (Å²) in [6, 6.07) is 23.2. The van der Waals surface area contributed by atoms with E-state index in [1.165, 1.54) is 16.3 Å². The molecule has 4 rings (SSSR count). The third-order valence-corrected chi connectivity index (χ3v) is 4.96. The summed E-state index contributed by atoms with van der Waals surface area (Å²) in [5.41, 5.74) is 5.34. The van der Waals surface area contributed by atoms with Crippen molar-refractivity contribution in [1.29, 1.82) is 0 Å². The van der Waals surface area contributed by atoms with Crippen molar-refractivity contribution in [3.05, 3.63) is 94.5 Å². The summed E-state index contributed by atoms with van der Waals surface area (Å²) in [5, 5.41) is 9.39. The van der Waals surface area contributed by atoms with Gasteiger partial charge in [0.25, 0.3) is 5.91 Å². The molecule has 0 aliphatic heterocycles. The van der Waals surface area contributed by atoms with Gasteiger partial charge in [-0.15, -0.1) is 0 Å². The Morgan fingerprint density at radius 1 is 0.852 bits per heavy atom. The second kappa shape index (κ2) is 7.22. The first kappa shape index (κ1) is 17.3. The summed E-state index contributed by atoms with van der Waals surface area (Å²) in [6.07, 6.45) is 1.72. The fourth-order valence-electron chi connectivity index (χ4n) is 3.34. The van der Waals surface area contributed by atoms with Crippen LogP contribution < -0.4 is 5.43 Å². The van der Waals surface area contributed by atoms with Gasteiger partial charge in [0.05, 0.1) is 6.21 Å². The first-order valence-electron chi connectivity index (χ1n) is 8.64. The summed E-state index contributed by atoms with van der Waals surface area (Å²) in [5.74, 6) is -0.274. The fourth-order valence-corrected chi connectivity index (χ4v) is 3.47. The Morgan fingerprint density at radius 2 is 1.37 bits per heavy atom. The normalized spacial score (nSPS) is 11.3. The zero-order valence-electron chi connectivity index (χ0n) is 14.7. The Kier molecular flexibility index (Phi) is 4.61. The maximum Gasteiger partial charge on any atom is 0.271 e. The highest BCUT2D eigenvalue weighted by Gasteiger charge is 2.10. The predicted molar refractivity (Wildman–Crippen MR) is 113 cm³/mol. The molecule has 1 amide bonds. The van der Waals surface area contributed by atoms with Crippen LogP contribution in [-0.4, -0.2) is 12.1 Å². The number of nitrogens with one attached hydrogen (secondary N) is 1. The smallest absolute Gasteiger partial charge is 0.267 e. The first-order chi connectivity index (χ1) is 13.1. The van der Waals surface area contributed by atoms with E-state index in [9.17, 15) is 4.79 Å². The Bertz CT molecular complexity index is 1120. The van der Waals surface area contributed by atoms with Gasteiger partial charge >= 0.3 is 0 Å². The lowest BCUT2D eigenvalue weighted by molar-refractivity contribution is 0.0955. The number of carbonyl (C=O) groups is 1. The summed E-state index contributed by atoms with van der Waals surface area (Å²) < 4.78 is 0. The monoisotopic (exact) mass is 372 g/mol. The third kappa shape index (κ3) is 3.29. The van der Waals surface area contributed by atoms with Crippen molar-refractivity contribution in [3.63, 3.8) is 0 Å². The molecule has 0 fully saturated rings. The first-order valence-corrected chi connectivity index (χ1v) is 9.02. The number of hydrogen-bond acceptors (Lipinski definition) is 2. The highest BCUT2D eigenvalue weighted by atomic mass is 35.5. The minimum absolute atomic E-state index is 0.274. The number of carbonyl (C=O) groups excluding carboxylic acids is 1. The molecule has 4 aromatic carbocycles. The summed E-state index contributed by atoms with van der Waals surface area (Å²) in [7, 11) is 0. The van der Waals surface area contributed by atoms with E-state index in [1.807, 2.05) is 24.3 Å². The van der Waals surface area contributed by atoms with E-state index in [1.54, 1.807) is 30.5 Å². The minimum Gasteiger partial charge on any atom is -0.267 e. The second-order valence-corrected chi connectivity index (χ2v) is 6.77. The van der Waals surface area contributed by atoms with E-state index < -0.39 is 0 Å². The van der Waals surface area contributed by atoms with E-state index in [-0.39, 0.29) is 5.91 Å². The SMILES string of the molecule is Cc1c2ccccc2c(/C=N/NC(=O)c2ccc(Cl)cc2)c2ccccc12. The molecule has 4 heteroatoms. The van der Waals surface area contributed by atoms with E-state index in [0.29, 0.717) is 10.6 Å². The number of rotatable bonds is 3. The lowest BCUT2D eigenvalue weighted by Crippen LogP contribution is -2.17. The molecular formula is C23H17ClN2O. The van der Waals surface area contributed by atoms with E-state index in [4.69, 9.17) is 11.6 Å². The number of fused-ring (bicyclic) bond motifs is 2. The molecule has 0 bridgehead atoms. The van der Waals surface area contributed by atoms with Crippen LogP contribution in [0.2, 0.25) is 5.02 Å². The molecule has 0 aliphatic rings. The number of hydrogen-bond donors (Lipinski definition) is 1. The Labute approximate surface area is 162 Å². The van der Waals surface area contributed by atoms with Crippen LogP contribution in [0.15, 0.2) is 77.9 Å². The van der Waals surface area contributed by atoms with E-state index >= 15 is 0 Å². The fraction of sp³-hybridized carbons (Fsp3) is 0.0435. The van der Waals surface area contributed by atoms with Crippen molar-refractivity contribution in [2.75, 3.05) is 0 Å². The second-order valence-electron chi connectivity index (χ2n) is 6.34. The molecule has 0 aliphatic carbocycles. The lowest BCUT2D eigenvalue weighted by atomic mass is 9.93. The third-order valence-electron chi connectivity index (χ3n) is 4.71. The number of benzene rings is 4. The topological polar surface area (TPSA) is 41.5 Å². The summed E-state index contributed by atoms with van der Waals surface area (Å²) >= 11 is 5.86. The standard InChI is InChI=1S/C23H17ClN2O/c1-15-18-6-2-4-8-20(18)22(21-9-5-3-7-19(15)21)14-25-26-23(27)16-10-12-17(24)13-11-16/h2-14H,1H3,(H,26,27)/b25-14+. The number of nitrogens with zero attached hydrogens (tertiary/aromatic N) is 1. The van der Waals surface area contributed by atoms with E-state index in [0.717, 1.165) is 16.3 Å². The zero-order valence-corrected chi connectivity index (χ0v) is 15.5. The molecule has 0 spiro atoms. The molecular weight excluding hydrogens is 356 g/mol. The molecule has 27 heavy (non-hydrogen) atoms. The molecule has 0 aromatic heterocycles. The van der Waals surface area contributed by atoms with Crippen molar-refractivity contribution < 1.29 is 4.79 Å². The van der Waals surface area contributed by atoms with Gasteiger partial charge in [0.2, 0.25) is 0 Å². The van der Waals surface area contributed by atoms with Crippen molar-refractivity contribution in [2.24, 2.45) is 5.10 Å². The van der Waals surface area contributed by atoms with Crippen molar-refractivity contribution in [2.45, 2.75) is 6.92 Å². The molecule has 3 nitrogen and oxygen atoms in total. The molecule has 0 unspecified atom stereocenters. The van der Waals surface area contributed by atoms with Crippen LogP contribution in [0.4, 0.5) is 0 Å². The van der Waals surface area contributed by atoms with Gasteiger partial charge in [-0.3, -0.25) is 4.79 Å². The van der Waals surface area contributed by atoms with Crippen LogP contribution in [0.5, 0.6) is 0 Å². The van der Waals surface area contributed by atoms with Gasteiger partial charge in [-0.2, -0.15) is 5.10 Å². The van der Waals surface area contributed by atoms with Crippen molar-refractivity contribution in [1.82, 2.24) is 5.43 Å². The molecule has 4 aromatic rings. The van der Waals surface area contributed by atoms with Gasteiger partial charge in [0.15, 0.2) is 0 Å². The van der Waals surface area contributed by atoms with Crippen LogP contribution in [0.1, 0.15) is 21.5 Å². The summed E-state index contributed by atoms with van der Waals surface area (Å²) in [4.78, 5) is 12.3. The van der Waals surface area contributed by atoms with Crippen LogP contribution in [0.25, 0.3) is 21.5 Å². The summed E-state index contributed by atoms with van der Waals surface area (Å²) in [6.45, 7) is 2.13. The Morgan fingerprint density at radius 3 is 1.93 bits per heavy atom. The highest BCUT2D eigenvalue weighted by Crippen LogP contribution is 2.31. The van der Waals surface area contributed by atoms with E-state index in [2.05, 4.69) is 41.7 Å². The zero-order chi connectivity index (χ0) is 18.8. The predicted octanol–water partition coefficient (Wildman–Crippen LogP) is 5.72. The highest BCUT2D eigenvalue weighted by molar-refractivity contribution is 6.30. The largest absolute Gasteiger partial charge is 0.271 e. The molecule has 0 heterocycles. The van der Waals surface area contributed by atoms with Gasteiger partial charge in [0, 0.05) is 16.1 Å². The van der Waals surface area contributed by atoms with Crippen LogP contribution in [-0.2, 0) is 0 Å². The van der Waals surface area contributed by atoms with Gasteiger partial charge < -0.3 is 0 Å². The average molecular weight is 373 g/mol. The molecule has 0 radical (unpaired) electrons. The lowest BCUT2D eigenvalue weighted by Gasteiger charge is -2.11. The number of amides is 1. The Balaban J connectivity index is 1.74. The molecule has 0 saturated carbocycles. The van der Waals surface area contributed by atoms with Crippen LogP contribution in [0.3, 0.4) is 0 Å². The molecule has 1 N–H and O–H groups in total.